The quantitative estimate of drug-likeness (QED) is 0.593. The summed E-state index contributed by atoms with van der Waals surface area (Å²) in [6.07, 6.45) is 6.31. The van der Waals surface area contributed by atoms with Gasteiger partial charge >= 0.3 is 0 Å². The summed E-state index contributed by atoms with van der Waals surface area (Å²) in [5.41, 5.74) is 0. The fourth-order valence-corrected chi connectivity index (χ4v) is 2.83. The molecular weight excluding hydrogens is 226 g/mol. The SMILES string of the molecule is CC(=O)C[N+](C)(CCO)C1CCCCC1.[Cl-]. The summed E-state index contributed by atoms with van der Waals surface area (Å²) >= 11 is 0. The summed E-state index contributed by atoms with van der Waals surface area (Å²) in [4.78, 5) is 11.3. The largest absolute Gasteiger partial charge is 1.00 e. The highest BCUT2D eigenvalue weighted by Crippen LogP contribution is 2.26. The molecule has 0 radical (unpaired) electrons. The first-order chi connectivity index (χ1) is 7.08. The van der Waals surface area contributed by atoms with Gasteiger partial charge in [-0.3, -0.25) is 4.79 Å². The molecule has 3 nitrogen and oxygen atoms in total. The number of aliphatic hydroxyl groups is 1. The molecule has 0 bridgehead atoms. The fourth-order valence-electron chi connectivity index (χ4n) is 2.83. The Morgan fingerprint density at radius 1 is 1.31 bits per heavy atom. The maximum absolute atomic E-state index is 11.3. The predicted molar refractivity (Wildman–Crippen MR) is 60.6 cm³/mol. The first-order valence-electron chi connectivity index (χ1n) is 6.03. The molecule has 96 valence electrons. The topological polar surface area (TPSA) is 37.3 Å². The Labute approximate surface area is 105 Å². The lowest BCUT2D eigenvalue weighted by atomic mass is 9.92. The van der Waals surface area contributed by atoms with E-state index < -0.39 is 0 Å². The third kappa shape index (κ3) is 4.40. The van der Waals surface area contributed by atoms with Crippen molar-refractivity contribution in [3.05, 3.63) is 0 Å². The van der Waals surface area contributed by atoms with E-state index in [1.54, 1.807) is 6.92 Å². The first kappa shape index (κ1) is 15.9. The van der Waals surface area contributed by atoms with Crippen LogP contribution >= 0.6 is 0 Å². The van der Waals surface area contributed by atoms with Gasteiger partial charge in [-0.05, 0) is 25.7 Å². The smallest absolute Gasteiger partial charge is 0.183 e. The van der Waals surface area contributed by atoms with Crippen molar-refractivity contribution in [2.24, 2.45) is 0 Å². The molecule has 1 saturated carbocycles. The average molecular weight is 250 g/mol. The van der Waals surface area contributed by atoms with Gasteiger partial charge in [0.05, 0.1) is 19.7 Å². The number of ketones is 1. The van der Waals surface area contributed by atoms with Crippen LogP contribution in [0.5, 0.6) is 0 Å². The Morgan fingerprint density at radius 2 is 1.88 bits per heavy atom. The zero-order valence-corrected chi connectivity index (χ0v) is 11.2. The molecule has 1 aliphatic rings. The number of hydrogen-bond donors (Lipinski definition) is 1. The van der Waals surface area contributed by atoms with Crippen molar-refractivity contribution in [1.82, 2.24) is 0 Å². The number of quaternary nitrogens is 1. The molecule has 0 aliphatic heterocycles. The molecule has 4 heteroatoms. The summed E-state index contributed by atoms with van der Waals surface area (Å²) in [6, 6.07) is 0.579. The molecule has 0 amide bonds. The van der Waals surface area contributed by atoms with Crippen molar-refractivity contribution in [3.8, 4) is 0 Å². The van der Waals surface area contributed by atoms with E-state index in [2.05, 4.69) is 7.05 Å². The number of halogens is 1. The Kier molecular flexibility index (Phi) is 7.20. The van der Waals surface area contributed by atoms with Crippen molar-refractivity contribution in [1.29, 1.82) is 0 Å². The van der Waals surface area contributed by atoms with Crippen LogP contribution in [0.25, 0.3) is 0 Å². The molecule has 0 aromatic rings. The summed E-state index contributed by atoms with van der Waals surface area (Å²) in [7, 11) is 2.12. The van der Waals surface area contributed by atoms with Gasteiger partial charge < -0.3 is 22.0 Å². The van der Waals surface area contributed by atoms with Crippen molar-refractivity contribution in [3.63, 3.8) is 0 Å². The maximum Gasteiger partial charge on any atom is 0.183 e. The number of nitrogens with zero attached hydrogens (tertiary/aromatic N) is 1. The fraction of sp³-hybridized carbons (Fsp3) is 0.917. The second-order valence-electron chi connectivity index (χ2n) is 5.08. The Hall–Kier alpha value is -0.120. The molecule has 1 fully saturated rings. The minimum atomic E-state index is 0. The van der Waals surface area contributed by atoms with E-state index in [9.17, 15) is 4.79 Å². The van der Waals surface area contributed by atoms with Gasteiger partial charge in [0.25, 0.3) is 0 Å². The molecule has 1 atom stereocenters. The lowest BCUT2D eigenvalue weighted by Gasteiger charge is -2.42. The maximum atomic E-state index is 11.3. The van der Waals surface area contributed by atoms with Crippen molar-refractivity contribution in [2.75, 3.05) is 26.7 Å². The van der Waals surface area contributed by atoms with Crippen LogP contribution in [0.15, 0.2) is 0 Å². The lowest BCUT2D eigenvalue weighted by Crippen LogP contribution is -3.00. The number of likely N-dealkylation sites (N-methyl/N-ethyl adjacent to an activating group) is 1. The van der Waals surface area contributed by atoms with Gasteiger partial charge in [0.15, 0.2) is 5.78 Å². The molecule has 0 aromatic carbocycles. The van der Waals surface area contributed by atoms with Crippen LogP contribution < -0.4 is 12.4 Å². The molecule has 16 heavy (non-hydrogen) atoms. The second-order valence-corrected chi connectivity index (χ2v) is 5.08. The van der Waals surface area contributed by atoms with Gasteiger partial charge in [0.1, 0.15) is 13.1 Å². The highest BCUT2D eigenvalue weighted by molar-refractivity contribution is 5.76. The van der Waals surface area contributed by atoms with E-state index in [1.807, 2.05) is 0 Å². The van der Waals surface area contributed by atoms with Crippen LogP contribution in [0.3, 0.4) is 0 Å². The van der Waals surface area contributed by atoms with E-state index in [4.69, 9.17) is 5.11 Å². The van der Waals surface area contributed by atoms with Crippen LogP contribution in [0.1, 0.15) is 39.0 Å². The van der Waals surface area contributed by atoms with Crippen LogP contribution in [-0.4, -0.2) is 48.2 Å². The molecule has 1 aliphatic carbocycles. The lowest BCUT2D eigenvalue weighted by molar-refractivity contribution is -0.927. The average Bonchev–Trinajstić information content (AvgIpc) is 2.18. The molecule has 0 spiro atoms. The van der Waals surface area contributed by atoms with Gasteiger partial charge in [-0.2, -0.15) is 0 Å². The minimum absolute atomic E-state index is 0. The third-order valence-corrected chi connectivity index (χ3v) is 3.65. The molecular formula is C12H24ClNO2. The summed E-state index contributed by atoms with van der Waals surface area (Å²) < 4.78 is 0.742. The highest BCUT2D eigenvalue weighted by atomic mass is 35.5. The number of rotatable bonds is 5. The molecule has 1 rings (SSSR count). The van der Waals surface area contributed by atoms with E-state index in [0.29, 0.717) is 19.1 Å². The van der Waals surface area contributed by atoms with E-state index >= 15 is 0 Å². The van der Waals surface area contributed by atoms with Gasteiger partial charge in [0, 0.05) is 6.92 Å². The molecule has 1 N–H and O–H groups in total. The standard InChI is InChI=1S/C12H24NO2.ClH/c1-11(15)10-13(2,8-9-14)12-6-4-3-5-7-12;/h12,14H,3-10H2,1-2H3;1H/q+1;/p-1. The molecule has 1 unspecified atom stereocenters. The van der Waals surface area contributed by atoms with Gasteiger partial charge in [-0.1, -0.05) is 6.42 Å². The number of aliphatic hydroxyl groups excluding tert-OH is 1. The normalized spacial score (nSPS) is 20.9. The van der Waals surface area contributed by atoms with Gasteiger partial charge in [-0.15, -0.1) is 0 Å². The van der Waals surface area contributed by atoms with Gasteiger partial charge in [-0.25, -0.2) is 0 Å². The molecule has 0 aromatic heterocycles. The molecule has 0 heterocycles. The van der Waals surface area contributed by atoms with Gasteiger partial charge in [0.2, 0.25) is 0 Å². The number of carbonyl (C=O) groups is 1. The monoisotopic (exact) mass is 249 g/mol. The van der Waals surface area contributed by atoms with Crippen LogP contribution in [0.4, 0.5) is 0 Å². The zero-order valence-electron chi connectivity index (χ0n) is 10.4. The summed E-state index contributed by atoms with van der Waals surface area (Å²) in [5.74, 6) is 0.233. The first-order valence-corrected chi connectivity index (χ1v) is 6.03. The van der Waals surface area contributed by atoms with E-state index in [-0.39, 0.29) is 24.8 Å². The predicted octanol–water partition coefficient (Wildman–Crippen LogP) is -1.65. The minimum Gasteiger partial charge on any atom is -1.00 e. The Balaban J connectivity index is 0.00000225. The van der Waals surface area contributed by atoms with E-state index in [1.165, 1.54) is 32.1 Å². The Morgan fingerprint density at radius 3 is 2.31 bits per heavy atom. The number of Topliss-reactive ketones (excluding diaryl/α,β-unsaturated/α-hetero) is 1. The Bertz CT molecular complexity index is 217. The second kappa shape index (κ2) is 7.25. The zero-order chi connectivity index (χ0) is 11.3. The summed E-state index contributed by atoms with van der Waals surface area (Å²) in [5, 5.41) is 9.12. The molecule has 0 saturated heterocycles. The highest BCUT2D eigenvalue weighted by Gasteiger charge is 2.34. The van der Waals surface area contributed by atoms with Crippen LogP contribution in [-0.2, 0) is 4.79 Å². The van der Waals surface area contributed by atoms with Crippen molar-refractivity contribution >= 4 is 5.78 Å². The third-order valence-electron chi connectivity index (χ3n) is 3.65. The van der Waals surface area contributed by atoms with Crippen molar-refractivity contribution < 1.29 is 26.8 Å². The van der Waals surface area contributed by atoms with Crippen LogP contribution in [0.2, 0.25) is 0 Å². The number of hydrogen-bond acceptors (Lipinski definition) is 2. The van der Waals surface area contributed by atoms with Crippen LogP contribution in [0, 0.1) is 0 Å². The summed E-state index contributed by atoms with van der Waals surface area (Å²) in [6.45, 7) is 3.12. The van der Waals surface area contributed by atoms with Crippen molar-refractivity contribution in [2.45, 2.75) is 45.1 Å². The number of carbonyl (C=O) groups excluding carboxylic acids is 1. The van der Waals surface area contributed by atoms with E-state index in [0.717, 1.165) is 4.48 Å².